The van der Waals surface area contributed by atoms with Crippen LogP contribution in [0.25, 0.3) is 17.0 Å². The van der Waals surface area contributed by atoms with Crippen LogP contribution in [0.2, 0.25) is 0 Å². The van der Waals surface area contributed by atoms with E-state index in [1.807, 2.05) is 30.5 Å². The zero-order valence-electron chi connectivity index (χ0n) is 13.4. The first-order valence-corrected chi connectivity index (χ1v) is 7.60. The Balaban J connectivity index is 1.80. The monoisotopic (exact) mass is 336 g/mol. The molecule has 0 unspecified atom stereocenters. The lowest BCUT2D eigenvalue weighted by molar-refractivity contribution is -0.384. The maximum absolute atomic E-state index is 12.2. The van der Waals surface area contributed by atoms with Crippen molar-refractivity contribution in [1.29, 1.82) is 0 Å². The van der Waals surface area contributed by atoms with Gasteiger partial charge in [-0.15, -0.1) is 0 Å². The lowest BCUT2D eigenvalue weighted by atomic mass is 10.1. The van der Waals surface area contributed by atoms with Crippen LogP contribution in [0.15, 0.2) is 54.7 Å². The van der Waals surface area contributed by atoms with Gasteiger partial charge in [-0.05, 0) is 23.8 Å². The van der Waals surface area contributed by atoms with Crippen LogP contribution in [0.4, 0.5) is 17.1 Å². The quantitative estimate of drug-likeness (QED) is 0.375. The van der Waals surface area contributed by atoms with Crippen molar-refractivity contribution in [2.24, 2.45) is 0 Å². The molecule has 0 atom stereocenters. The van der Waals surface area contributed by atoms with Gasteiger partial charge < -0.3 is 15.6 Å². The number of nitrogens with one attached hydrogen (secondary N) is 3. The highest BCUT2D eigenvalue weighted by Crippen LogP contribution is 2.26. The number of nitrogens with zero attached hydrogens (tertiary/aromatic N) is 1. The highest BCUT2D eigenvalue weighted by atomic mass is 16.6. The summed E-state index contributed by atoms with van der Waals surface area (Å²) < 4.78 is 0. The number of aromatic amines is 1. The Morgan fingerprint density at radius 3 is 2.76 bits per heavy atom. The second-order valence-corrected chi connectivity index (χ2v) is 5.35. The minimum Gasteiger partial charge on any atom is -0.386 e. The summed E-state index contributed by atoms with van der Waals surface area (Å²) in [5.41, 5.74) is 2.73. The number of fused-ring (bicyclic) bond motifs is 1. The molecule has 3 rings (SSSR count). The van der Waals surface area contributed by atoms with E-state index in [1.165, 1.54) is 18.2 Å². The van der Waals surface area contributed by atoms with Gasteiger partial charge in [0.2, 0.25) is 5.91 Å². The number of rotatable bonds is 5. The van der Waals surface area contributed by atoms with Crippen molar-refractivity contribution in [3.63, 3.8) is 0 Å². The number of amides is 1. The minimum atomic E-state index is -0.503. The molecule has 0 saturated carbocycles. The molecule has 2 aromatic carbocycles. The molecule has 1 aromatic heterocycles. The summed E-state index contributed by atoms with van der Waals surface area (Å²) in [5, 5.41) is 17.5. The molecule has 0 bridgehead atoms. The van der Waals surface area contributed by atoms with Gasteiger partial charge >= 0.3 is 0 Å². The number of carbonyl (C=O) groups excluding carboxylic acids is 1. The lowest BCUT2D eigenvalue weighted by Gasteiger charge is -2.09. The summed E-state index contributed by atoms with van der Waals surface area (Å²) in [5.74, 6) is -0.373. The topological polar surface area (TPSA) is 100 Å². The number of hydrogen-bond donors (Lipinski definition) is 3. The van der Waals surface area contributed by atoms with Crippen LogP contribution in [0, 0.1) is 10.1 Å². The molecule has 3 aromatic rings. The predicted molar refractivity (Wildman–Crippen MR) is 98.6 cm³/mol. The third-order valence-corrected chi connectivity index (χ3v) is 3.78. The third-order valence-electron chi connectivity index (χ3n) is 3.78. The maximum atomic E-state index is 12.2. The Hall–Kier alpha value is -3.61. The summed E-state index contributed by atoms with van der Waals surface area (Å²) in [6.45, 7) is 0. The van der Waals surface area contributed by atoms with Crippen molar-refractivity contribution in [3.05, 3.63) is 70.4 Å². The first kappa shape index (κ1) is 16.3. The number of H-pyrrole nitrogens is 1. The van der Waals surface area contributed by atoms with E-state index in [-0.39, 0.29) is 11.6 Å². The fourth-order valence-corrected chi connectivity index (χ4v) is 2.54. The van der Waals surface area contributed by atoms with Gasteiger partial charge in [-0.25, -0.2) is 0 Å². The Morgan fingerprint density at radius 2 is 2.00 bits per heavy atom. The molecule has 0 aliphatic rings. The highest BCUT2D eigenvalue weighted by molar-refractivity contribution is 6.05. The molecular weight excluding hydrogens is 320 g/mol. The number of non-ortho nitro benzene ring substituents is 1. The summed E-state index contributed by atoms with van der Waals surface area (Å²) in [6, 6.07) is 12.0. The van der Waals surface area contributed by atoms with Crippen molar-refractivity contribution in [1.82, 2.24) is 4.98 Å². The lowest BCUT2D eigenvalue weighted by Crippen LogP contribution is -2.10. The molecule has 7 nitrogen and oxygen atoms in total. The molecule has 25 heavy (non-hydrogen) atoms. The molecule has 1 heterocycles. The molecule has 1 amide bonds. The first-order chi connectivity index (χ1) is 12.1. The fraction of sp³-hybridized carbons (Fsp3) is 0.0556. The van der Waals surface area contributed by atoms with Gasteiger partial charge in [0.25, 0.3) is 5.69 Å². The van der Waals surface area contributed by atoms with Gasteiger partial charge in [0, 0.05) is 42.4 Å². The second-order valence-electron chi connectivity index (χ2n) is 5.35. The molecule has 0 spiro atoms. The number of nitro benzene ring substituents is 1. The summed E-state index contributed by atoms with van der Waals surface area (Å²) in [7, 11) is 1.68. The number of nitro groups is 1. The summed E-state index contributed by atoms with van der Waals surface area (Å²) in [6.07, 6.45) is 4.92. The van der Waals surface area contributed by atoms with E-state index < -0.39 is 4.92 Å². The van der Waals surface area contributed by atoms with Crippen molar-refractivity contribution in [2.75, 3.05) is 17.7 Å². The van der Waals surface area contributed by atoms with Crippen molar-refractivity contribution in [3.8, 4) is 0 Å². The smallest absolute Gasteiger partial charge is 0.271 e. The zero-order chi connectivity index (χ0) is 17.8. The minimum absolute atomic E-state index is 0.0880. The van der Waals surface area contributed by atoms with E-state index in [1.54, 1.807) is 19.2 Å². The van der Waals surface area contributed by atoms with Crippen LogP contribution in [0.3, 0.4) is 0 Å². The van der Waals surface area contributed by atoms with Gasteiger partial charge in [0.1, 0.15) is 0 Å². The summed E-state index contributed by atoms with van der Waals surface area (Å²) >= 11 is 0. The van der Waals surface area contributed by atoms with Crippen LogP contribution in [-0.2, 0) is 4.79 Å². The van der Waals surface area contributed by atoms with Crippen LogP contribution in [0.1, 0.15) is 5.56 Å². The van der Waals surface area contributed by atoms with Crippen LogP contribution in [0.5, 0.6) is 0 Å². The van der Waals surface area contributed by atoms with E-state index >= 15 is 0 Å². The van der Waals surface area contributed by atoms with E-state index in [9.17, 15) is 14.9 Å². The van der Waals surface area contributed by atoms with E-state index in [4.69, 9.17) is 0 Å². The molecule has 126 valence electrons. The second kappa shape index (κ2) is 6.88. The number of aromatic nitrogens is 1. The molecule has 0 saturated heterocycles. The molecule has 0 aliphatic carbocycles. The van der Waals surface area contributed by atoms with Crippen LogP contribution < -0.4 is 10.6 Å². The van der Waals surface area contributed by atoms with Crippen molar-refractivity contribution in [2.45, 2.75) is 0 Å². The Morgan fingerprint density at radius 1 is 1.20 bits per heavy atom. The molecule has 0 radical (unpaired) electrons. The van der Waals surface area contributed by atoms with E-state index in [2.05, 4.69) is 15.6 Å². The zero-order valence-corrected chi connectivity index (χ0v) is 13.4. The normalized spacial score (nSPS) is 10.9. The van der Waals surface area contributed by atoms with Gasteiger partial charge in [-0.1, -0.05) is 18.2 Å². The number of hydrogen-bond acceptors (Lipinski definition) is 4. The Bertz CT molecular complexity index is 975. The number of carbonyl (C=O) groups is 1. The SMILES string of the molecule is CNc1ccc([N+](=O)[O-])cc1NC(=O)C=Cc1c[nH]c2ccccc12. The molecule has 0 aliphatic heterocycles. The summed E-state index contributed by atoms with van der Waals surface area (Å²) in [4.78, 5) is 25.7. The average molecular weight is 336 g/mol. The molecule has 3 N–H and O–H groups in total. The predicted octanol–water partition coefficient (Wildman–Crippen LogP) is 3.77. The van der Waals surface area contributed by atoms with Gasteiger partial charge in [-0.3, -0.25) is 14.9 Å². The van der Waals surface area contributed by atoms with Crippen LogP contribution >= 0.6 is 0 Å². The number of anilines is 2. The largest absolute Gasteiger partial charge is 0.386 e. The fourth-order valence-electron chi connectivity index (χ4n) is 2.54. The third kappa shape index (κ3) is 3.50. The van der Waals surface area contributed by atoms with Gasteiger partial charge in [-0.2, -0.15) is 0 Å². The van der Waals surface area contributed by atoms with Crippen molar-refractivity contribution < 1.29 is 9.72 Å². The molecular formula is C18H16N4O3. The van der Waals surface area contributed by atoms with E-state index in [0.717, 1.165) is 16.5 Å². The Kier molecular flexibility index (Phi) is 4.47. The van der Waals surface area contributed by atoms with E-state index in [0.29, 0.717) is 11.4 Å². The highest BCUT2D eigenvalue weighted by Gasteiger charge is 2.11. The van der Waals surface area contributed by atoms with Crippen LogP contribution in [-0.4, -0.2) is 22.9 Å². The first-order valence-electron chi connectivity index (χ1n) is 7.60. The Labute approximate surface area is 143 Å². The molecule has 7 heteroatoms. The number of para-hydroxylation sites is 1. The standard InChI is InChI=1S/C18H16N4O3/c1-19-16-8-7-13(22(24)25)10-17(16)21-18(23)9-6-12-11-20-15-5-3-2-4-14(12)15/h2-11,19-20H,1H3,(H,21,23). The van der Waals surface area contributed by atoms with Gasteiger partial charge in [0.05, 0.1) is 16.3 Å². The van der Waals surface area contributed by atoms with Gasteiger partial charge in [0.15, 0.2) is 0 Å². The maximum Gasteiger partial charge on any atom is 0.271 e. The number of benzene rings is 2. The average Bonchev–Trinajstić information content (AvgIpc) is 3.03. The molecule has 0 fully saturated rings. The van der Waals surface area contributed by atoms with Crippen molar-refractivity contribution >= 4 is 39.9 Å².